The number of hydrogen-bond acceptors (Lipinski definition) is 12. The van der Waals surface area contributed by atoms with Gasteiger partial charge in [-0.2, -0.15) is 17.5 Å². The fourth-order valence-electron chi connectivity index (χ4n) is 11.2. The van der Waals surface area contributed by atoms with Gasteiger partial charge in [-0.15, -0.1) is 68.0 Å². The number of fused-ring (bicyclic) bond motifs is 8. The van der Waals surface area contributed by atoms with E-state index in [1.165, 1.54) is 234 Å². The summed E-state index contributed by atoms with van der Waals surface area (Å²) in [7, 11) is 0. The van der Waals surface area contributed by atoms with E-state index in [1.807, 2.05) is 68.0 Å². The molecule has 7 nitrogen and oxygen atoms in total. The van der Waals surface area contributed by atoms with Crippen LogP contribution in [0.15, 0.2) is 45.1 Å². The SMILES string of the molecule is CCCCCCOc1cc(-c2c3c(c(-c4cc(C)c(-c5cc6c(s5)c5sc(CCCCCC)cc5n6CCCCCC)s4)c4nsnc24)N=S=N3)sc1-c1cc2c(s1)c1sc(CCCCCC)cc1n2CCCCCC. The number of thiophene rings is 6. The molecule has 0 saturated heterocycles. The van der Waals surface area contributed by atoms with Gasteiger partial charge in [0.2, 0.25) is 0 Å². The van der Waals surface area contributed by atoms with E-state index in [0.29, 0.717) is 6.61 Å². The first-order valence-corrected chi connectivity index (χ1v) is 35.2. The van der Waals surface area contributed by atoms with Crippen LogP contribution >= 0.6 is 79.7 Å². The molecule has 0 spiro atoms. The van der Waals surface area contributed by atoms with Crippen molar-refractivity contribution in [3.8, 4) is 46.1 Å². The number of ether oxygens (including phenoxy) is 1. The number of unbranched alkanes of at least 4 members (excludes halogenated alkanes) is 15. The number of benzene rings is 1. The highest BCUT2D eigenvalue weighted by atomic mass is 32.1. The topological polar surface area (TPSA) is 69.6 Å². The van der Waals surface area contributed by atoms with Gasteiger partial charge >= 0.3 is 0 Å². The first kappa shape index (κ1) is 54.4. The van der Waals surface area contributed by atoms with Crippen molar-refractivity contribution in [3.05, 3.63) is 51.7 Å². The van der Waals surface area contributed by atoms with Gasteiger partial charge in [0.05, 0.1) is 85.9 Å². The Hall–Kier alpha value is -3.54. The molecule has 0 unspecified atom stereocenters. The van der Waals surface area contributed by atoms with Gasteiger partial charge in [-0.05, 0) is 93.8 Å². The van der Waals surface area contributed by atoms with Crippen molar-refractivity contribution in [2.24, 2.45) is 8.73 Å². The molecular formula is C61H74N6OS8. The summed E-state index contributed by atoms with van der Waals surface area (Å²) in [6, 6.07) is 14.7. The lowest BCUT2D eigenvalue weighted by Crippen LogP contribution is -1.97. The summed E-state index contributed by atoms with van der Waals surface area (Å²) in [5.41, 5.74) is 12.7. The van der Waals surface area contributed by atoms with Crippen molar-refractivity contribution >= 4 is 154 Å². The van der Waals surface area contributed by atoms with E-state index in [9.17, 15) is 0 Å². The van der Waals surface area contributed by atoms with Gasteiger partial charge in [-0.1, -0.05) is 131 Å². The van der Waals surface area contributed by atoms with Crippen LogP contribution in [0.4, 0.5) is 11.4 Å². The Bertz CT molecular complexity index is 3660. The summed E-state index contributed by atoms with van der Waals surface area (Å²) < 4.78 is 38.5. The predicted molar refractivity (Wildman–Crippen MR) is 342 cm³/mol. The second-order valence-corrected chi connectivity index (χ2v) is 28.6. The third-order valence-corrected chi connectivity index (χ3v) is 24.0. The molecule has 10 heterocycles. The molecule has 0 saturated carbocycles. The molecule has 0 bridgehead atoms. The van der Waals surface area contributed by atoms with Gasteiger partial charge < -0.3 is 13.9 Å². The molecule has 11 rings (SSSR count). The highest BCUT2D eigenvalue weighted by Gasteiger charge is 2.31. The van der Waals surface area contributed by atoms with Crippen molar-refractivity contribution in [3.63, 3.8) is 0 Å². The third kappa shape index (κ3) is 11.0. The largest absolute Gasteiger partial charge is 0.492 e. The minimum atomic E-state index is 0.702. The first-order chi connectivity index (χ1) is 37.4. The quantitative estimate of drug-likeness (QED) is 0.0421. The zero-order valence-electron chi connectivity index (χ0n) is 45.5. The van der Waals surface area contributed by atoms with Crippen molar-refractivity contribution < 1.29 is 4.74 Å². The normalized spacial score (nSPS) is 12.7. The van der Waals surface area contributed by atoms with Crippen LogP contribution in [0.3, 0.4) is 0 Å². The molecule has 0 N–H and O–H groups in total. The highest BCUT2D eigenvalue weighted by molar-refractivity contribution is 7.58. The number of nitrogens with zero attached hydrogens (tertiary/aromatic N) is 6. The molecule has 0 fully saturated rings. The van der Waals surface area contributed by atoms with Crippen molar-refractivity contribution in [1.29, 1.82) is 0 Å². The number of aryl methyl sites for hydroxylation is 5. The molecule has 76 heavy (non-hydrogen) atoms. The van der Waals surface area contributed by atoms with Gasteiger partial charge in [0.15, 0.2) is 0 Å². The lowest BCUT2D eigenvalue weighted by molar-refractivity contribution is 0.307. The minimum Gasteiger partial charge on any atom is -0.492 e. The molecule has 0 aliphatic carbocycles. The molecule has 1 aromatic carbocycles. The van der Waals surface area contributed by atoms with Crippen LogP contribution in [0.1, 0.15) is 178 Å². The van der Waals surface area contributed by atoms with Crippen molar-refractivity contribution in [2.75, 3.05) is 6.61 Å². The molecule has 1 aliphatic heterocycles. The van der Waals surface area contributed by atoms with Crippen LogP contribution in [0.5, 0.6) is 5.75 Å². The molecule has 15 heteroatoms. The number of hydrogen-bond donors (Lipinski definition) is 0. The fraction of sp³-hybridized carbons (Fsp3) is 0.508. The molecular weight excluding hydrogens is 1090 g/mol. The van der Waals surface area contributed by atoms with E-state index >= 15 is 0 Å². The number of rotatable bonds is 30. The van der Waals surface area contributed by atoms with Gasteiger partial charge in [0, 0.05) is 47.9 Å². The summed E-state index contributed by atoms with van der Waals surface area (Å²) in [5, 5.41) is 0. The van der Waals surface area contributed by atoms with Gasteiger partial charge in [0.1, 0.15) is 28.2 Å². The molecule has 0 radical (unpaired) electrons. The number of aromatic nitrogens is 4. The van der Waals surface area contributed by atoms with Gasteiger partial charge in [-0.3, -0.25) is 0 Å². The standard InChI is InChI=1S/C61H74N6OS8/c1-7-12-17-22-27-39-33-41-57(69-39)59-43(66(41)29-24-19-14-9-3)35-48(73-59)56-38(6)32-46(71-56)50-52-54(64-75-62-52)51(55-53(50)63-76-65-55)47-37-45(68-31-26-21-16-11-5)61(72-47)49-36-44-60(74-49)58-42(67(44)30-25-20-15-10-4)34-40(70-58)28-23-18-13-8-2/h32-37H,7-31H2,1-6H3. The Morgan fingerprint density at radius 2 is 0.882 bits per heavy atom. The van der Waals surface area contributed by atoms with E-state index in [2.05, 4.69) is 87.1 Å². The van der Waals surface area contributed by atoms with Gasteiger partial charge in [0.25, 0.3) is 0 Å². The Kier molecular flexibility index (Phi) is 18.1. The maximum Gasteiger partial charge on any atom is 0.139 e. The summed E-state index contributed by atoms with van der Waals surface area (Å²) >= 11 is 14.3. The fourth-order valence-corrected chi connectivity index (χ4v) is 20.0. The third-order valence-electron chi connectivity index (χ3n) is 15.3. The minimum absolute atomic E-state index is 0.702. The first-order valence-electron chi connectivity index (χ1n) is 28.8. The molecule has 10 aromatic rings. The Morgan fingerprint density at radius 3 is 1.41 bits per heavy atom. The zero-order valence-corrected chi connectivity index (χ0v) is 52.0. The summed E-state index contributed by atoms with van der Waals surface area (Å²) in [6.07, 6.45) is 27.5. The smallest absolute Gasteiger partial charge is 0.139 e. The molecule has 9 aromatic heterocycles. The lowest BCUT2D eigenvalue weighted by atomic mass is 10.0. The van der Waals surface area contributed by atoms with Crippen LogP contribution < -0.4 is 4.74 Å². The van der Waals surface area contributed by atoms with E-state index in [4.69, 9.17) is 22.2 Å². The Morgan fingerprint density at radius 1 is 0.434 bits per heavy atom. The highest BCUT2D eigenvalue weighted by Crippen LogP contribution is 2.58. The van der Waals surface area contributed by atoms with E-state index < -0.39 is 0 Å². The zero-order chi connectivity index (χ0) is 52.1. The Labute approximate surface area is 482 Å². The molecule has 0 atom stereocenters. The van der Waals surface area contributed by atoms with E-state index in [1.54, 1.807) is 4.88 Å². The van der Waals surface area contributed by atoms with Crippen LogP contribution in [0, 0.1) is 6.92 Å². The maximum absolute atomic E-state index is 6.88. The molecule has 0 amide bonds. The lowest BCUT2D eigenvalue weighted by Gasteiger charge is -2.09. The maximum atomic E-state index is 6.88. The summed E-state index contributed by atoms with van der Waals surface area (Å²) in [4.78, 5) is 10.5. The van der Waals surface area contributed by atoms with Crippen LogP contribution in [0.25, 0.3) is 92.3 Å². The van der Waals surface area contributed by atoms with Crippen molar-refractivity contribution in [1.82, 2.24) is 17.9 Å². The summed E-state index contributed by atoms with van der Waals surface area (Å²) in [5.74, 6) is 0.962. The molecule has 402 valence electrons. The van der Waals surface area contributed by atoms with Gasteiger partial charge in [-0.25, -0.2) is 0 Å². The van der Waals surface area contributed by atoms with Crippen LogP contribution in [-0.4, -0.2) is 24.5 Å². The summed E-state index contributed by atoms with van der Waals surface area (Å²) in [6.45, 7) is 16.6. The van der Waals surface area contributed by atoms with E-state index in [-0.39, 0.29) is 0 Å². The van der Waals surface area contributed by atoms with E-state index in [0.717, 1.165) is 63.7 Å². The average Bonchev–Trinajstić information content (AvgIpc) is 4.46. The average molecular weight is 1160 g/mol. The van der Waals surface area contributed by atoms with Crippen LogP contribution in [-0.2, 0) is 37.3 Å². The van der Waals surface area contributed by atoms with Crippen LogP contribution in [0.2, 0.25) is 0 Å². The predicted octanol–water partition coefficient (Wildman–Crippen LogP) is 23.3. The second-order valence-electron chi connectivity index (χ2n) is 21.1. The molecule has 1 aliphatic rings. The monoisotopic (exact) mass is 1160 g/mol. The van der Waals surface area contributed by atoms with Crippen molar-refractivity contribution in [2.45, 2.75) is 196 Å². The second kappa shape index (κ2) is 25.3. The Balaban J connectivity index is 0.966.